The number of nitrogens with one attached hydrogen (secondary N) is 1. The zero-order valence-electron chi connectivity index (χ0n) is 18.1. The first-order valence-corrected chi connectivity index (χ1v) is 11.0. The summed E-state index contributed by atoms with van der Waals surface area (Å²) in [6, 6.07) is 13.6. The van der Waals surface area contributed by atoms with Crippen LogP contribution in [0.25, 0.3) is 22.2 Å². The Labute approximate surface area is 199 Å². The Bertz CT molecular complexity index is 1490. The van der Waals surface area contributed by atoms with Gasteiger partial charge in [-0.25, -0.2) is 19.0 Å². The van der Waals surface area contributed by atoms with Gasteiger partial charge in [-0.1, -0.05) is 35.9 Å². The Morgan fingerprint density at radius 1 is 1.15 bits per heavy atom. The largest absolute Gasteiger partial charge is 0.289 e. The summed E-state index contributed by atoms with van der Waals surface area (Å²) in [7, 11) is 0. The Morgan fingerprint density at radius 2 is 2.00 bits per heavy atom. The second kappa shape index (κ2) is 9.03. The molecule has 0 atom stereocenters. The molecule has 0 saturated heterocycles. The van der Waals surface area contributed by atoms with Crippen LogP contribution in [-0.4, -0.2) is 35.4 Å². The van der Waals surface area contributed by atoms with Crippen LogP contribution in [0.2, 0.25) is 5.02 Å². The number of anilines is 1. The number of rotatable bonds is 6. The summed E-state index contributed by atoms with van der Waals surface area (Å²) >= 11 is 6.10. The monoisotopic (exact) mass is 475 g/mol. The molecule has 0 radical (unpaired) electrons. The van der Waals surface area contributed by atoms with Gasteiger partial charge in [-0.05, 0) is 31.2 Å². The summed E-state index contributed by atoms with van der Waals surface area (Å²) in [6.07, 6.45) is 5.02. The van der Waals surface area contributed by atoms with Gasteiger partial charge in [0.25, 0.3) is 5.91 Å². The van der Waals surface area contributed by atoms with E-state index in [-0.39, 0.29) is 18.4 Å². The van der Waals surface area contributed by atoms with Crippen LogP contribution in [0.15, 0.2) is 67.3 Å². The van der Waals surface area contributed by atoms with Crippen molar-refractivity contribution in [3.8, 4) is 11.3 Å². The minimum atomic E-state index is -0.434. The summed E-state index contributed by atoms with van der Waals surface area (Å²) in [5, 5.41) is 12.3. The summed E-state index contributed by atoms with van der Waals surface area (Å²) in [6.45, 7) is 2.81. The number of aryl methyl sites for hydroxylation is 1. The maximum absolute atomic E-state index is 14.1. The minimum Gasteiger partial charge on any atom is -0.289 e. The molecule has 0 aliphatic rings. The van der Waals surface area contributed by atoms with Crippen LogP contribution < -0.4 is 5.32 Å². The number of aromatic nitrogens is 6. The van der Waals surface area contributed by atoms with Gasteiger partial charge in [-0.15, -0.1) is 5.10 Å². The van der Waals surface area contributed by atoms with Crippen LogP contribution >= 0.6 is 11.6 Å². The second-order valence-corrected chi connectivity index (χ2v) is 7.98. The average molecular weight is 476 g/mol. The Morgan fingerprint density at radius 3 is 2.79 bits per heavy atom. The van der Waals surface area contributed by atoms with E-state index in [2.05, 4.69) is 20.5 Å². The molecule has 2 aromatic carbocycles. The van der Waals surface area contributed by atoms with Crippen LogP contribution in [0.1, 0.15) is 22.8 Å². The van der Waals surface area contributed by atoms with Gasteiger partial charge < -0.3 is 0 Å². The first kappa shape index (κ1) is 21.7. The Balaban J connectivity index is 1.44. The fourth-order valence-electron chi connectivity index (χ4n) is 3.62. The molecule has 34 heavy (non-hydrogen) atoms. The first-order chi connectivity index (χ1) is 16.5. The lowest BCUT2D eigenvalue weighted by atomic mass is 10.1. The number of hydrogen-bond acceptors (Lipinski definition) is 5. The summed E-state index contributed by atoms with van der Waals surface area (Å²) in [5.41, 5.74) is 2.85. The molecule has 0 bridgehead atoms. The van der Waals surface area contributed by atoms with Crippen LogP contribution in [0.5, 0.6) is 0 Å². The van der Waals surface area contributed by atoms with Crippen molar-refractivity contribution in [1.29, 1.82) is 0 Å². The lowest BCUT2D eigenvalue weighted by Crippen LogP contribution is -2.14. The fraction of sp³-hybridized carbons (Fsp3) is 0.125. The van der Waals surface area contributed by atoms with E-state index in [1.165, 1.54) is 23.1 Å². The predicted molar refractivity (Wildman–Crippen MR) is 127 cm³/mol. The van der Waals surface area contributed by atoms with Gasteiger partial charge in [0.05, 0.1) is 29.5 Å². The highest BCUT2D eigenvalue weighted by Gasteiger charge is 2.17. The van der Waals surface area contributed by atoms with Crippen molar-refractivity contribution in [1.82, 2.24) is 29.5 Å². The smallest absolute Gasteiger partial charge is 0.258 e. The summed E-state index contributed by atoms with van der Waals surface area (Å²) < 4.78 is 17.3. The van der Waals surface area contributed by atoms with Gasteiger partial charge in [-0.2, -0.15) is 5.10 Å². The van der Waals surface area contributed by atoms with Crippen molar-refractivity contribution in [3.63, 3.8) is 0 Å². The molecular formula is C24H19ClFN7O. The van der Waals surface area contributed by atoms with Crippen LogP contribution in [0.3, 0.4) is 0 Å². The van der Waals surface area contributed by atoms with Gasteiger partial charge in [0.15, 0.2) is 0 Å². The molecule has 3 heterocycles. The van der Waals surface area contributed by atoms with Crippen LogP contribution in [0.4, 0.5) is 10.3 Å². The van der Waals surface area contributed by atoms with E-state index in [0.717, 1.165) is 12.1 Å². The molecule has 0 aliphatic heterocycles. The number of benzene rings is 2. The number of hydrogen-bond donors (Lipinski definition) is 1. The maximum Gasteiger partial charge on any atom is 0.258 e. The van der Waals surface area contributed by atoms with Crippen molar-refractivity contribution < 1.29 is 9.18 Å². The van der Waals surface area contributed by atoms with E-state index < -0.39 is 5.82 Å². The first-order valence-electron chi connectivity index (χ1n) is 10.6. The number of nitrogens with zero attached hydrogens (tertiary/aromatic N) is 6. The molecule has 8 nitrogen and oxygen atoms in total. The predicted octanol–water partition coefficient (Wildman–Crippen LogP) is 4.80. The maximum atomic E-state index is 14.1. The van der Waals surface area contributed by atoms with E-state index in [9.17, 15) is 9.18 Å². The highest BCUT2D eigenvalue weighted by Crippen LogP contribution is 2.25. The number of pyridine rings is 1. The third kappa shape index (κ3) is 4.25. The normalized spacial score (nSPS) is 11.1. The SMILES string of the molecule is CCn1cc(-c2cc(C(=O)Nc3ncn(Cc4c(F)cccc4Cl)n3)c3ccccc3n2)cn1. The highest BCUT2D eigenvalue weighted by atomic mass is 35.5. The van der Waals surface area contributed by atoms with Crippen LogP contribution in [-0.2, 0) is 13.1 Å². The van der Waals surface area contributed by atoms with E-state index in [4.69, 9.17) is 16.6 Å². The summed E-state index contributed by atoms with van der Waals surface area (Å²) in [4.78, 5) is 22.1. The molecule has 170 valence electrons. The minimum absolute atomic E-state index is 0.0815. The van der Waals surface area contributed by atoms with Crippen LogP contribution in [0, 0.1) is 5.82 Å². The van der Waals surface area contributed by atoms with Crippen molar-refractivity contribution >= 4 is 34.4 Å². The number of fused-ring (bicyclic) bond motifs is 1. The van der Waals surface area contributed by atoms with Crippen molar-refractivity contribution in [2.45, 2.75) is 20.0 Å². The van der Waals surface area contributed by atoms with E-state index >= 15 is 0 Å². The average Bonchev–Trinajstić information content (AvgIpc) is 3.50. The van der Waals surface area contributed by atoms with E-state index in [0.29, 0.717) is 32.7 Å². The van der Waals surface area contributed by atoms with Gasteiger partial charge in [0.2, 0.25) is 5.95 Å². The molecule has 3 aromatic heterocycles. The quantitative estimate of drug-likeness (QED) is 0.381. The van der Waals surface area contributed by atoms with Gasteiger partial charge in [-0.3, -0.25) is 14.8 Å². The van der Waals surface area contributed by atoms with Crippen molar-refractivity contribution in [2.75, 3.05) is 5.32 Å². The molecule has 0 unspecified atom stereocenters. The number of carbonyl (C=O) groups excluding carboxylic acids is 1. The highest BCUT2D eigenvalue weighted by molar-refractivity contribution is 6.31. The molecule has 0 fully saturated rings. The lowest BCUT2D eigenvalue weighted by Gasteiger charge is -2.08. The molecule has 1 amide bonds. The third-order valence-corrected chi connectivity index (χ3v) is 5.71. The second-order valence-electron chi connectivity index (χ2n) is 7.58. The van der Waals surface area contributed by atoms with Gasteiger partial charge in [0, 0.05) is 34.3 Å². The molecule has 0 spiro atoms. The number of amides is 1. The van der Waals surface area contributed by atoms with Gasteiger partial charge >= 0.3 is 0 Å². The molecular weight excluding hydrogens is 457 g/mol. The zero-order chi connectivity index (χ0) is 23.7. The van der Waals surface area contributed by atoms with Crippen molar-refractivity contribution in [2.24, 2.45) is 0 Å². The number of halogens is 2. The molecule has 5 aromatic rings. The molecule has 10 heteroatoms. The fourth-order valence-corrected chi connectivity index (χ4v) is 3.85. The number of carbonyl (C=O) groups is 1. The molecule has 1 N–H and O–H groups in total. The lowest BCUT2D eigenvalue weighted by molar-refractivity contribution is 0.102. The zero-order valence-corrected chi connectivity index (χ0v) is 18.9. The molecule has 0 aliphatic carbocycles. The third-order valence-electron chi connectivity index (χ3n) is 5.36. The standard InChI is InChI=1S/C24H19ClFN7O/c1-2-32-12-15(11-28-32)22-10-17(16-6-3-4-9-21(16)29-22)23(34)30-24-27-14-33(31-24)13-18-19(25)7-5-8-20(18)26/h3-12,14H,2,13H2,1H3,(H,30,31,34). The summed E-state index contributed by atoms with van der Waals surface area (Å²) in [5.74, 6) is -0.723. The van der Waals surface area contributed by atoms with E-state index in [1.54, 1.807) is 23.0 Å². The Hall–Kier alpha value is -4.11. The topological polar surface area (TPSA) is 90.5 Å². The Kier molecular flexibility index (Phi) is 5.77. The van der Waals surface area contributed by atoms with Crippen molar-refractivity contribution in [3.05, 3.63) is 89.2 Å². The van der Waals surface area contributed by atoms with E-state index in [1.807, 2.05) is 37.4 Å². The molecule has 0 saturated carbocycles. The number of para-hydroxylation sites is 1. The van der Waals surface area contributed by atoms with Gasteiger partial charge in [0.1, 0.15) is 12.1 Å². The molecule has 5 rings (SSSR count).